The van der Waals surface area contributed by atoms with Crippen LogP contribution in [0.15, 0.2) is 42.5 Å². The number of fused-ring (bicyclic) bond motifs is 3. The van der Waals surface area contributed by atoms with E-state index in [-0.39, 0.29) is 29.7 Å². The molecule has 0 unspecified atom stereocenters. The molecule has 2 aromatic rings. The molecule has 0 radical (unpaired) electrons. The highest BCUT2D eigenvalue weighted by molar-refractivity contribution is 5.90. The summed E-state index contributed by atoms with van der Waals surface area (Å²) in [7, 11) is 0. The minimum absolute atomic E-state index is 0.0697. The average Bonchev–Trinajstić information content (AvgIpc) is 3.49. The van der Waals surface area contributed by atoms with Crippen LogP contribution in [0.25, 0.3) is 0 Å². The van der Waals surface area contributed by atoms with Crippen molar-refractivity contribution in [2.75, 3.05) is 31.7 Å². The molecule has 2 heterocycles. The number of hydrogen-bond acceptors (Lipinski definition) is 3. The third kappa shape index (κ3) is 3.76. The maximum atomic E-state index is 13.9. The predicted octanol–water partition coefficient (Wildman–Crippen LogP) is 4.77. The number of urea groups is 1. The fourth-order valence-corrected chi connectivity index (χ4v) is 4.58. The molecule has 30 heavy (non-hydrogen) atoms. The molecule has 1 N–H and O–H groups in total. The standard InChI is InChI=1S/C24H27FN2O3/c1-15-6-9-18(10-21(15)25)26-24(28)27-11-17(13-29-12-16-7-8-16)20-14-30-22-5-3-2-4-19(22)23(20)27/h2-6,9-10,16-17,20,23H,7-8,11-14H2,1H3,(H,26,28)/t17-,20-,23-/m0/s1. The molecule has 5 nitrogen and oxygen atoms in total. The van der Waals surface area contributed by atoms with Gasteiger partial charge >= 0.3 is 6.03 Å². The van der Waals surface area contributed by atoms with Crippen LogP contribution in [0, 0.1) is 30.5 Å². The number of rotatable bonds is 5. The molecule has 2 fully saturated rings. The number of para-hydroxylation sites is 1. The molecular formula is C24H27FN2O3. The number of carbonyl (C=O) groups excluding carboxylic acids is 1. The Morgan fingerprint density at radius 1 is 1.23 bits per heavy atom. The SMILES string of the molecule is Cc1ccc(NC(=O)N2C[C@@H](COCC3CC3)[C@@H]3COc4ccccc4[C@@H]32)cc1F. The maximum Gasteiger partial charge on any atom is 0.322 e. The smallest absolute Gasteiger partial charge is 0.322 e. The molecule has 0 spiro atoms. The number of ether oxygens (including phenoxy) is 2. The van der Waals surface area contributed by atoms with Crippen molar-refractivity contribution in [2.24, 2.45) is 17.8 Å². The fraction of sp³-hybridized carbons (Fsp3) is 0.458. The Labute approximate surface area is 176 Å². The second-order valence-corrected chi connectivity index (χ2v) is 8.74. The van der Waals surface area contributed by atoms with Gasteiger partial charge in [0.2, 0.25) is 0 Å². The third-order valence-corrected chi connectivity index (χ3v) is 6.51. The van der Waals surface area contributed by atoms with Crippen LogP contribution in [-0.2, 0) is 4.74 Å². The largest absolute Gasteiger partial charge is 0.493 e. The second-order valence-electron chi connectivity index (χ2n) is 8.74. The van der Waals surface area contributed by atoms with E-state index in [9.17, 15) is 9.18 Å². The van der Waals surface area contributed by atoms with Gasteiger partial charge in [-0.1, -0.05) is 24.3 Å². The Morgan fingerprint density at radius 2 is 2.07 bits per heavy atom. The van der Waals surface area contributed by atoms with Gasteiger partial charge in [-0.3, -0.25) is 0 Å². The minimum atomic E-state index is -0.324. The maximum absolute atomic E-state index is 13.9. The summed E-state index contributed by atoms with van der Waals surface area (Å²) in [5.74, 6) is 1.61. The summed E-state index contributed by atoms with van der Waals surface area (Å²) in [6, 6.07) is 12.4. The molecule has 0 bridgehead atoms. The Bertz CT molecular complexity index is 946. The zero-order valence-electron chi connectivity index (χ0n) is 17.1. The molecule has 1 saturated carbocycles. The van der Waals surface area contributed by atoms with E-state index in [1.165, 1.54) is 18.9 Å². The fourth-order valence-electron chi connectivity index (χ4n) is 4.58. The molecular weight excluding hydrogens is 383 g/mol. The van der Waals surface area contributed by atoms with Gasteiger partial charge < -0.3 is 19.7 Å². The van der Waals surface area contributed by atoms with Crippen LogP contribution in [0.4, 0.5) is 14.9 Å². The molecule has 3 aliphatic rings. The van der Waals surface area contributed by atoms with Crippen LogP contribution in [0.2, 0.25) is 0 Å². The van der Waals surface area contributed by atoms with Crippen molar-refractivity contribution in [1.29, 1.82) is 0 Å². The molecule has 6 heteroatoms. The number of nitrogens with one attached hydrogen (secondary N) is 1. The van der Waals surface area contributed by atoms with E-state index in [1.54, 1.807) is 19.1 Å². The van der Waals surface area contributed by atoms with E-state index in [2.05, 4.69) is 5.32 Å². The van der Waals surface area contributed by atoms with E-state index in [4.69, 9.17) is 9.47 Å². The topological polar surface area (TPSA) is 50.8 Å². The molecule has 158 valence electrons. The van der Waals surface area contributed by atoms with Gasteiger partial charge in [0.25, 0.3) is 0 Å². The van der Waals surface area contributed by atoms with E-state index in [1.807, 2.05) is 29.2 Å². The summed E-state index contributed by atoms with van der Waals surface area (Å²) in [6.45, 7) is 4.31. The third-order valence-electron chi connectivity index (χ3n) is 6.51. The highest BCUT2D eigenvalue weighted by atomic mass is 19.1. The quantitative estimate of drug-likeness (QED) is 0.772. The van der Waals surface area contributed by atoms with E-state index in [0.29, 0.717) is 36.9 Å². The Morgan fingerprint density at radius 3 is 2.87 bits per heavy atom. The normalized spacial score (nSPS) is 24.7. The van der Waals surface area contributed by atoms with E-state index in [0.717, 1.165) is 17.9 Å². The van der Waals surface area contributed by atoms with Crippen molar-refractivity contribution in [3.05, 3.63) is 59.4 Å². The zero-order valence-corrected chi connectivity index (χ0v) is 17.1. The van der Waals surface area contributed by atoms with Gasteiger partial charge in [-0.05, 0) is 49.4 Å². The second kappa shape index (κ2) is 7.91. The van der Waals surface area contributed by atoms with Gasteiger partial charge in [-0.2, -0.15) is 0 Å². The van der Waals surface area contributed by atoms with E-state index < -0.39 is 0 Å². The highest BCUT2D eigenvalue weighted by Gasteiger charge is 2.48. The summed E-state index contributed by atoms with van der Waals surface area (Å²) in [4.78, 5) is 15.1. The number of benzene rings is 2. The monoisotopic (exact) mass is 410 g/mol. The molecule has 0 aromatic heterocycles. The van der Waals surface area contributed by atoms with Gasteiger partial charge in [0, 0.05) is 36.2 Å². The lowest BCUT2D eigenvalue weighted by Crippen LogP contribution is -2.38. The van der Waals surface area contributed by atoms with Crippen molar-refractivity contribution < 1.29 is 18.7 Å². The minimum Gasteiger partial charge on any atom is -0.493 e. The van der Waals surface area contributed by atoms with Crippen molar-refractivity contribution in [3.8, 4) is 5.75 Å². The lowest BCUT2D eigenvalue weighted by Gasteiger charge is -2.34. The van der Waals surface area contributed by atoms with Crippen LogP contribution in [-0.4, -0.2) is 37.3 Å². The van der Waals surface area contributed by atoms with Gasteiger partial charge in [-0.15, -0.1) is 0 Å². The zero-order chi connectivity index (χ0) is 20.7. The van der Waals surface area contributed by atoms with Crippen molar-refractivity contribution >= 4 is 11.7 Å². The Balaban J connectivity index is 1.37. The molecule has 3 atom stereocenters. The first-order valence-electron chi connectivity index (χ1n) is 10.7. The van der Waals surface area contributed by atoms with Crippen LogP contribution in [0.1, 0.15) is 30.0 Å². The summed E-state index contributed by atoms with van der Waals surface area (Å²) >= 11 is 0. The lowest BCUT2D eigenvalue weighted by molar-refractivity contribution is 0.0644. The van der Waals surface area contributed by atoms with Gasteiger partial charge in [0.1, 0.15) is 11.6 Å². The summed E-state index contributed by atoms with van der Waals surface area (Å²) in [6.07, 6.45) is 2.52. The van der Waals surface area contributed by atoms with Crippen LogP contribution in [0.3, 0.4) is 0 Å². The summed E-state index contributed by atoms with van der Waals surface area (Å²) in [5.41, 5.74) is 2.05. The van der Waals surface area contributed by atoms with Crippen molar-refractivity contribution in [2.45, 2.75) is 25.8 Å². The molecule has 1 saturated heterocycles. The van der Waals surface area contributed by atoms with Crippen LogP contribution < -0.4 is 10.1 Å². The Kier molecular flexibility index (Phi) is 5.11. The first-order chi connectivity index (χ1) is 14.6. The van der Waals surface area contributed by atoms with Crippen molar-refractivity contribution in [1.82, 2.24) is 4.90 Å². The number of nitrogens with zero attached hydrogens (tertiary/aromatic N) is 1. The predicted molar refractivity (Wildman–Crippen MR) is 112 cm³/mol. The molecule has 2 aromatic carbocycles. The number of carbonyl (C=O) groups is 1. The average molecular weight is 410 g/mol. The van der Waals surface area contributed by atoms with Gasteiger partial charge in [0.15, 0.2) is 0 Å². The molecule has 5 rings (SSSR count). The van der Waals surface area contributed by atoms with Gasteiger partial charge in [0.05, 0.1) is 19.3 Å². The molecule has 2 aliphatic heterocycles. The number of hydrogen-bond donors (Lipinski definition) is 1. The lowest BCUT2D eigenvalue weighted by atomic mass is 9.86. The van der Waals surface area contributed by atoms with Crippen LogP contribution >= 0.6 is 0 Å². The number of amides is 2. The summed E-state index contributed by atoms with van der Waals surface area (Å²) in [5, 5.41) is 2.89. The number of aryl methyl sites for hydroxylation is 1. The summed E-state index contributed by atoms with van der Waals surface area (Å²) < 4.78 is 26.0. The number of anilines is 1. The first-order valence-corrected chi connectivity index (χ1v) is 10.7. The highest BCUT2D eigenvalue weighted by Crippen LogP contribution is 2.47. The van der Waals surface area contributed by atoms with Crippen LogP contribution in [0.5, 0.6) is 5.75 Å². The van der Waals surface area contributed by atoms with Crippen molar-refractivity contribution in [3.63, 3.8) is 0 Å². The first kappa shape index (κ1) is 19.4. The Hall–Kier alpha value is -2.60. The number of likely N-dealkylation sites (tertiary alicyclic amines) is 1. The molecule has 1 aliphatic carbocycles. The van der Waals surface area contributed by atoms with E-state index >= 15 is 0 Å². The number of halogens is 1. The molecule has 2 amide bonds. The van der Waals surface area contributed by atoms with Gasteiger partial charge in [-0.25, -0.2) is 9.18 Å².